The number of fused-ring (bicyclic) bond motifs is 1. The molecule has 1 N–H and O–H groups in total. The van der Waals surface area contributed by atoms with Crippen LogP contribution in [0.15, 0.2) is 35.0 Å². The van der Waals surface area contributed by atoms with E-state index < -0.39 is 0 Å². The Morgan fingerprint density at radius 2 is 2.06 bits per heavy atom. The fourth-order valence-electron chi connectivity index (χ4n) is 5.44. The molecule has 2 atom stereocenters. The first-order valence-electron chi connectivity index (χ1n) is 12.0. The quantitative estimate of drug-likeness (QED) is 0.657. The van der Waals surface area contributed by atoms with Crippen molar-refractivity contribution < 1.29 is 19.1 Å². The van der Waals surface area contributed by atoms with Gasteiger partial charge in [0.25, 0.3) is 11.8 Å². The first-order valence-corrected chi connectivity index (χ1v) is 13.0. The van der Waals surface area contributed by atoms with Crippen molar-refractivity contribution in [3.05, 3.63) is 51.7 Å². The third-order valence-electron chi connectivity index (χ3n) is 7.14. The van der Waals surface area contributed by atoms with Crippen LogP contribution in [0.25, 0.3) is 0 Å². The summed E-state index contributed by atoms with van der Waals surface area (Å²) in [6.45, 7) is 6.36. The van der Waals surface area contributed by atoms with Crippen LogP contribution in [0.3, 0.4) is 0 Å². The Bertz CT molecular complexity index is 1100. The van der Waals surface area contributed by atoms with Crippen LogP contribution in [0.4, 0.5) is 5.69 Å². The molecule has 0 spiro atoms. The predicted molar refractivity (Wildman–Crippen MR) is 131 cm³/mol. The van der Waals surface area contributed by atoms with E-state index in [0.717, 1.165) is 30.6 Å². The molecule has 2 aromatic rings. The highest BCUT2D eigenvalue weighted by molar-refractivity contribution is 7.07. The van der Waals surface area contributed by atoms with E-state index in [1.54, 1.807) is 17.4 Å². The van der Waals surface area contributed by atoms with E-state index in [1.165, 1.54) is 4.90 Å². The van der Waals surface area contributed by atoms with Crippen LogP contribution >= 0.6 is 11.3 Å². The summed E-state index contributed by atoms with van der Waals surface area (Å²) in [5.74, 6) is -0.547. The first kappa shape index (κ1) is 23.1. The van der Waals surface area contributed by atoms with Crippen LogP contribution in [0, 0.1) is 5.92 Å². The SMILES string of the molecule is CC1(C)C[C@H](N2C(=O)c3cccc(N4CCC[C@@H](C(=O)NCc5ccsc5)C4)c3C2=O)CCO1. The molecule has 180 valence electrons. The zero-order chi connectivity index (χ0) is 23.9. The second-order valence-corrected chi connectivity index (χ2v) is 10.8. The zero-order valence-corrected chi connectivity index (χ0v) is 20.5. The molecular weight excluding hydrogens is 450 g/mol. The maximum Gasteiger partial charge on any atom is 0.263 e. The van der Waals surface area contributed by atoms with E-state index in [9.17, 15) is 14.4 Å². The molecule has 34 heavy (non-hydrogen) atoms. The van der Waals surface area contributed by atoms with Crippen LogP contribution in [0.2, 0.25) is 0 Å². The Morgan fingerprint density at radius 3 is 2.82 bits per heavy atom. The van der Waals surface area contributed by atoms with Crippen LogP contribution in [0.1, 0.15) is 65.8 Å². The number of carbonyl (C=O) groups is 3. The second-order valence-electron chi connectivity index (χ2n) is 10.1. The summed E-state index contributed by atoms with van der Waals surface area (Å²) in [6.07, 6.45) is 2.96. The van der Waals surface area contributed by atoms with E-state index in [0.29, 0.717) is 43.7 Å². The topological polar surface area (TPSA) is 79.0 Å². The molecule has 4 heterocycles. The van der Waals surface area contributed by atoms with Crippen molar-refractivity contribution in [2.45, 2.75) is 57.7 Å². The monoisotopic (exact) mass is 481 g/mol. The van der Waals surface area contributed by atoms with E-state index in [2.05, 4.69) is 10.2 Å². The van der Waals surface area contributed by atoms with Gasteiger partial charge in [-0.1, -0.05) is 6.07 Å². The number of imide groups is 1. The fourth-order valence-corrected chi connectivity index (χ4v) is 6.11. The predicted octanol–water partition coefficient (Wildman–Crippen LogP) is 3.83. The molecule has 2 fully saturated rings. The van der Waals surface area contributed by atoms with Crippen LogP contribution in [-0.4, -0.2) is 54.0 Å². The summed E-state index contributed by atoms with van der Waals surface area (Å²) >= 11 is 1.62. The van der Waals surface area contributed by atoms with E-state index >= 15 is 0 Å². The largest absolute Gasteiger partial charge is 0.375 e. The van der Waals surface area contributed by atoms with Crippen molar-refractivity contribution in [2.24, 2.45) is 5.92 Å². The van der Waals surface area contributed by atoms with Gasteiger partial charge in [-0.05, 0) is 74.1 Å². The van der Waals surface area contributed by atoms with Gasteiger partial charge in [-0.15, -0.1) is 0 Å². The van der Waals surface area contributed by atoms with E-state index in [4.69, 9.17) is 4.74 Å². The summed E-state index contributed by atoms with van der Waals surface area (Å²) in [6, 6.07) is 7.35. The lowest BCUT2D eigenvalue weighted by molar-refractivity contribution is -0.125. The molecule has 3 aliphatic heterocycles. The van der Waals surface area contributed by atoms with Gasteiger partial charge in [-0.2, -0.15) is 11.3 Å². The minimum absolute atomic E-state index is 0.0388. The van der Waals surface area contributed by atoms with Gasteiger partial charge < -0.3 is 15.0 Å². The zero-order valence-electron chi connectivity index (χ0n) is 19.7. The van der Waals surface area contributed by atoms with Gasteiger partial charge in [0.1, 0.15) is 0 Å². The molecule has 1 aromatic heterocycles. The van der Waals surface area contributed by atoms with Crippen molar-refractivity contribution >= 4 is 34.7 Å². The number of thiophene rings is 1. The number of nitrogens with zero attached hydrogens (tertiary/aromatic N) is 2. The maximum atomic E-state index is 13.6. The number of benzene rings is 1. The van der Waals surface area contributed by atoms with Crippen molar-refractivity contribution in [3.63, 3.8) is 0 Å². The normalized spacial score (nSPS) is 24.3. The van der Waals surface area contributed by atoms with Crippen molar-refractivity contribution in [3.8, 4) is 0 Å². The summed E-state index contributed by atoms with van der Waals surface area (Å²) in [7, 11) is 0. The lowest BCUT2D eigenvalue weighted by Gasteiger charge is -2.39. The van der Waals surface area contributed by atoms with Crippen molar-refractivity contribution in [1.82, 2.24) is 10.2 Å². The minimum atomic E-state index is -0.364. The third kappa shape index (κ3) is 4.36. The number of carbonyl (C=O) groups excluding carboxylic acids is 3. The standard InChI is InChI=1S/C26H31N3O4S/c1-26(2)13-19(8-11-33-26)29-24(31)20-6-3-7-21(22(20)25(29)32)28-10-4-5-18(15-28)23(30)27-14-17-9-12-34-16-17/h3,6-7,9,12,16,18-19H,4-5,8,10-11,13-15H2,1-2H3,(H,27,30)/t18-,19-/m1/s1. The molecule has 2 saturated heterocycles. The second kappa shape index (κ2) is 9.15. The average molecular weight is 482 g/mol. The van der Waals surface area contributed by atoms with Crippen molar-refractivity contribution in [2.75, 3.05) is 24.6 Å². The number of anilines is 1. The lowest BCUT2D eigenvalue weighted by Crippen LogP contribution is -2.48. The first-order chi connectivity index (χ1) is 16.3. The van der Waals surface area contributed by atoms with E-state index in [-0.39, 0.29) is 35.3 Å². The summed E-state index contributed by atoms with van der Waals surface area (Å²) in [5.41, 5.74) is 2.46. The number of hydrogen-bond donors (Lipinski definition) is 1. The summed E-state index contributed by atoms with van der Waals surface area (Å²) in [5, 5.41) is 7.09. The highest BCUT2D eigenvalue weighted by Crippen LogP contribution is 2.38. The molecule has 0 radical (unpaired) electrons. The van der Waals surface area contributed by atoms with Gasteiger partial charge in [0.2, 0.25) is 5.91 Å². The number of amides is 3. The van der Waals surface area contributed by atoms with Gasteiger partial charge in [-0.3, -0.25) is 19.3 Å². The van der Waals surface area contributed by atoms with Gasteiger partial charge >= 0.3 is 0 Å². The molecular formula is C26H31N3O4S. The molecule has 0 unspecified atom stereocenters. The smallest absolute Gasteiger partial charge is 0.263 e. The number of ether oxygens (including phenoxy) is 1. The number of hydrogen-bond acceptors (Lipinski definition) is 6. The van der Waals surface area contributed by atoms with E-state index in [1.807, 2.05) is 42.8 Å². The van der Waals surface area contributed by atoms with Crippen LogP contribution in [0.5, 0.6) is 0 Å². The lowest BCUT2D eigenvalue weighted by atomic mass is 9.93. The summed E-state index contributed by atoms with van der Waals surface area (Å²) < 4.78 is 5.80. The molecule has 5 rings (SSSR count). The van der Waals surface area contributed by atoms with Gasteiger partial charge in [0, 0.05) is 32.3 Å². The molecule has 3 amide bonds. The van der Waals surface area contributed by atoms with Gasteiger partial charge in [-0.25, -0.2) is 0 Å². The Balaban J connectivity index is 1.34. The molecule has 0 saturated carbocycles. The van der Waals surface area contributed by atoms with Gasteiger partial charge in [0.05, 0.1) is 28.3 Å². The fraction of sp³-hybridized carbons (Fsp3) is 0.500. The highest BCUT2D eigenvalue weighted by Gasteiger charge is 2.45. The minimum Gasteiger partial charge on any atom is -0.375 e. The maximum absolute atomic E-state index is 13.6. The number of piperidine rings is 1. The van der Waals surface area contributed by atoms with Gasteiger partial charge in [0.15, 0.2) is 0 Å². The average Bonchev–Trinajstić information content (AvgIpc) is 3.43. The molecule has 8 heteroatoms. The summed E-state index contributed by atoms with van der Waals surface area (Å²) in [4.78, 5) is 43.3. The molecule has 0 bridgehead atoms. The molecule has 7 nitrogen and oxygen atoms in total. The molecule has 0 aliphatic carbocycles. The number of nitrogens with one attached hydrogen (secondary N) is 1. The Labute approximate surface area is 204 Å². The van der Waals surface area contributed by atoms with Crippen molar-refractivity contribution in [1.29, 1.82) is 0 Å². The Morgan fingerprint density at radius 1 is 1.21 bits per heavy atom. The molecule has 3 aliphatic rings. The highest BCUT2D eigenvalue weighted by atomic mass is 32.1. The Hall–Kier alpha value is -2.71. The Kier molecular flexibility index (Phi) is 6.20. The van der Waals surface area contributed by atoms with Crippen LogP contribution in [-0.2, 0) is 16.1 Å². The third-order valence-corrected chi connectivity index (χ3v) is 7.87. The number of rotatable bonds is 5. The van der Waals surface area contributed by atoms with Crippen LogP contribution < -0.4 is 10.2 Å². The molecule has 1 aromatic carbocycles.